The average molecular weight is 487 g/mol. The number of halogens is 3. The minimum Gasteiger partial charge on any atom is -0.355 e. The standard InChI is InChI=1S/C27H29ClF2N2O2/c28-23-15-20(30)7-8-21(23)27(9-1-2-10-27)25(34)32-13-11-26(12-14-32)16-24(33)31-17-22(26)18-3-5-19(29)6-4-18/h3-8,15,22H,1-2,9-14,16-17H2,(H,31,33). The monoisotopic (exact) mass is 486 g/mol. The normalized spacial score (nSPS) is 23.7. The summed E-state index contributed by atoms with van der Waals surface area (Å²) < 4.78 is 27.2. The molecule has 7 heteroatoms. The van der Waals surface area contributed by atoms with Crippen LogP contribution in [0.25, 0.3) is 0 Å². The Morgan fingerprint density at radius 3 is 2.26 bits per heavy atom. The summed E-state index contributed by atoms with van der Waals surface area (Å²) in [5.74, 6) is -0.512. The van der Waals surface area contributed by atoms with Gasteiger partial charge in [0.1, 0.15) is 11.6 Å². The van der Waals surface area contributed by atoms with Crippen LogP contribution in [0.5, 0.6) is 0 Å². The lowest BCUT2D eigenvalue weighted by Gasteiger charge is -2.50. The number of carbonyl (C=O) groups excluding carboxylic acids is 2. The molecule has 2 aliphatic heterocycles. The zero-order chi connectivity index (χ0) is 23.9. The third-order valence-electron chi connectivity index (χ3n) is 8.39. The number of likely N-dealkylation sites (tertiary alicyclic amines) is 1. The summed E-state index contributed by atoms with van der Waals surface area (Å²) in [7, 11) is 0. The van der Waals surface area contributed by atoms with Gasteiger partial charge in [-0.1, -0.05) is 42.6 Å². The van der Waals surface area contributed by atoms with Crippen LogP contribution in [0.15, 0.2) is 42.5 Å². The number of nitrogens with one attached hydrogen (secondary N) is 1. The molecule has 180 valence electrons. The highest BCUT2D eigenvalue weighted by Crippen LogP contribution is 2.51. The molecule has 3 fully saturated rings. The fraction of sp³-hybridized carbons (Fsp3) is 0.481. The topological polar surface area (TPSA) is 49.4 Å². The number of carbonyl (C=O) groups is 2. The molecule has 2 aromatic carbocycles. The fourth-order valence-corrected chi connectivity index (χ4v) is 6.89. The lowest BCUT2D eigenvalue weighted by Crippen LogP contribution is -2.55. The fourth-order valence-electron chi connectivity index (χ4n) is 6.54. The van der Waals surface area contributed by atoms with Gasteiger partial charge in [0.25, 0.3) is 0 Å². The van der Waals surface area contributed by atoms with E-state index in [0.717, 1.165) is 24.0 Å². The van der Waals surface area contributed by atoms with Crippen molar-refractivity contribution in [2.75, 3.05) is 19.6 Å². The van der Waals surface area contributed by atoms with Gasteiger partial charge in [-0.25, -0.2) is 8.78 Å². The minimum atomic E-state index is -0.713. The van der Waals surface area contributed by atoms with Crippen molar-refractivity contribution in [2.24, 2.45) is 5.41 Å². The Labute approximate surface area is 203 Å². The zero-order valence-corrected chi connectivity index (χ0v) is 19.8. The molecular weight excluding hydrogens is 458 g/mol. The van der Waals surface area contributed by atoms with Crippen molar-refractivity contribution in [1.29, 1.82) is 0 Å². The molecule has 1 spiro atoms. The van der Waals surface area contributed by atoms with Gasteiger partial charge in [0.05, 0.1) is 5.41 Å². The zero-order valence-electron chi connectivity index (χ0n) is 19.1. The van der Waals surface area contributed by atoms with Crippen LogP contribution < -0.4 is 5.32 Å². The van der Waals surface area contributed by atoms with Crippen LogP contribution >= 0.6 is 11.6 Å². The van der Waals surface area contributed by atoms with E-state index in [1.54, 1.807) is 18.2 Å². The van der Waals surface area contributed by atoms with Crippen molar-refractivity contribution in [3.05, 3.63) is 70.2 Å². The second kappa shape index (κ2) is 8.95. The molecule has 0 radical (unpaired) electrons. The van der Waals surface area contributed by atoms with Gasteiger partial charge in [-0.2, -0.15) is 0 Å². The van der Waals surface area contributed by atoms with E-state index < -0.39 is 11.2 Å². The van der Waals surface area contributed by atoms with E-state index in [2.05, 4.69) is 5.32 Å². The number of benzene rings is 2. The number of nitrogens with zero attached hydrogens (tertiary/aromatic N) is 1. The summed E-state index contributed by atoms with van der Waals surface area (Å²) in [4.78, 5) is 28.3. The third kappa shape index (κ3) is 4.00. The minimum absolute atomic E-state index is 0.0310. The van der Waals surface area contributed by atoms with Crippen LogP contribution in [0.2, 0.25) is 5.02 Å². The van der Waals surface area contributed by atoms with Gasteiger partial charge in [-0.3, -0.25) is 9.59 Å². The molecule has 34 heavy (non-hydrogen) atoms. The maximum atomic E-state index is 13.9. The number of rotatable bonds is 3. The van der Waals surface area contributed by atoms with Crippen molar-refractivity contribution in [1.82, 2.24) is 10.2 Å². The Kier molecular flexibility index (Phi) is 6.13. The summed E-state index contributed by atoms with van der Waals surface area (Å²) in [5.41, 5.74) is 0.772. The van der Waals surface area contributed by atoms with Crippen LogP contribution in [0, 0.1) is 17.0 Å². The maximum absolute atomic E-state index is 13.9. The first kappa shape index (κ1) is 23.3. The Morgan fingerprint density at radius 2 is 1.62 bits per heavy atom. The molecule has 3 aliphatic rings. The van der Waals surface area contributed by atoms with Gasteiger partial charge in [0.2, 0.25) is 11.8 Å². The van der Waals surface area contributed by atoms with Crippen LogP contribution in [0.1, 0.15) is 62.0 Å². The Balaban J connectivity index is 1.39. The molecule has 2 aromatic rings. The van der Waals surface area contributed by atoms with Crippen LogP contribution in [0.4, 0.5) is 8.78 Å². The molecule has 5 rings (SSSR count). The van der Waals surface area contributed by atoms with E-state index >= 15 is 0 Å². The average Bonchev–Trinajstić information content (AvgIpc) is 3.31. The smallest absolute Gasteiger partial charge is 0.233 e. The van der Waals surface area contributed by atoms with E-state index in [-0.39, 0.29) is 29.0 Å². The highest BCUT2D eigenvalue weighted by molar-refractivity contribution is 6.31. The Bertz CT molecular complexity index is 1090. The van der Waals surface area contributed by atoms with Crippen molar-refractivity contribution in [3.63, 3.8) is 0 Å². The number of amides is 2. The number of hydrogen-bond donors (Lipinski definition) is 1. The summed E-state index contributed by atoms with van der Waals surface area (Å²) in [6.45, 7) is 1.64. The molecule has 2 heterocycles. The van der Waals surface area contributed by atoms with E-state index in [4.69, 9.17) is 11.6 Å². The van der Waals surface area contributed by atoms with E-state index in [1.165, 1.54) is 24.3 Å². The lowest BCUT2D eigenvalue weighted by molar-refractivity contribution is -0.141. The summed E-state index contributed by atoms with van der Waals surface area (Å²) in [6, 6.07) is 10.9. The second-order valence-electron chi connectivity index (χ2n) is 10.2. The van der Waals surface area contributed by atoms with Crippen LogP contribution in [0.3, 0.4) is 0 Å². The second-order valence-corrected chi connectivity index (χ2v) is 10.6. The predicted octanol–water partition coefficient (Wildman–Crippen LogP) is 5.34. The quantitative estimate of drug-likeness (QED) is 0.636. The van der Waals surface area contributed by atoms with Gasteiger partial charge in [-0.05, 0) is 66.5 Å². The third-order valence-corrected chi connectivity index (χ3v) is 8.70. The first-order valence-corrected chi connectivity index (χ1v) is 12.5. The van der Waals surface area contributed by atoms with Crippen LogP contribution in [-0.2, 0) is 15.0 Å². The summed E-state index contributed by atoms with van der Waals surface area (Å²) >= 11 is 6.43. The Hall–Kier alpha value is -2.47. The van der Waals surface area contributed by atoms with Crippen LogP contribution in [-0.4, -0.2) is 36.3 Å². The number of piperidine rings is 2. The summed E-state index contributed by atoms with van der Waals surface area (Å²) in [6.07, 6.45) is 5.11. The van der Waals surface area contributed by atoms with Gasteiger partial charge < -0.3 is 10.2 Å². The Morgan fingerprint density at radius 1 is 0.971 bits per heavy atom. The molecule has 1 saturated carbocycles. The molecule has 1 aliphatic carbocycles. The number of hydrogen-bond acceptors (Lipinski definition) is 2. The molecular formula is C27H29ClF2N2O2. The highest BCUT2D eigenvalue weighted by Gasteiger charge is 2.50. The van der Waals surface area contributed by atoms with Crippen molar-refractivity contribution in [3.8, 4) is 0 Å². The van der Waals surface area contributed by atoms with Crippen molar-refractivity contribution < 1.29 is 18.4 Å². The predicted molar refractivity (Wildman–Crippen MR) is 127 cm³/mol. The molecule has 0 aromatic heterocycles. The van der Waals surface area contributed by atoms with E-state index in [0.29, 0.717) is 56.8 Å². The van der Waals surface area contributed by atoms with E-state index in [9.17, 15) is 18.4 Å². The lowest BCUT2D eigenvalue weighted by atomic mass is 9.62. The maximum Gasteiger partial charge on any atom is 0.233 e. The van der Waals surface area contributed by atoms with E-state index in [1.807, 2.05) is 4.90 Å². The largest absolute Gasteiger partial charge is 0.355 e. The van der Waals surface area contributed by atoms with Gasteiger partial charge in [0, 0.05) is 37.0 Å². The molecule has 4 nitrogen and oxygen atoms in total. The molecule has 1 N–H and O–H groups in total. The molecule has 0 bridgehead atoms. The molecule has 1 atom stereocenters. The highest BCUT2D eigenvalue weighted by atomic mass is 35.5. The van der Waals surface area contributed by atoms with Crippen molar-refractivity contribution >= 4 is 23.4 Å². The van der Waals surface area contributed by atoms with Gasteiger partial charge >= 0.3 is 0 Å². The van der Waals surface area contributed by atoms with Gasteiger partial charge in [0.15, 0.2) is 0 Å². The van der Waals surface area contributed by atoms with Gasteiger partial charge in [-0.15, -0.1) is 0 Å². The molecule has 1 unspecified atom stereocenters. The summed E-state index contributed by atoms with van der Waals surface area (Å²) in [5, 5.41) is 3.28. The SMILES string of the molecule is O=C1CC2(CCN(C(=O)C3(c4ccc(F)cc4Cl)CCCC3)CC2)C(c2ccc(F)cc2)CN1. The molecule has 2 saturated heterocycles. The first-order chi connectivity index (χ1) is 16.3. The van der Waals surface area contributed by atoms with Crippen molar-refractivity contribution in [2.45, 2.75) is 56.3 Å². The molecule has 2 amide bonds. The first-order valence-electron chi connectivity index (χ1n) is 12.1.